The van der Waals surface area contributed by atoms with Gasteiger partial charge in [0.25, 0.3) is 0 Å². The van der Waals surface area contributed by atoms with Gasteiger partial charge in [-0.05, 0) is 6.08 Å². The Labute approximate surface area is 70.5 Å². The molecule has 0 aromatic carbocycles. The lowest BCUT2D eigenvalue weighted by Gasteiger charge is -2.25. The second-order valence-electron chi connectivity index (χ2n) is 2.17. The number of aliphatic hydroxyl groups is 3. The van der Waals surface area contributed by atoms with Crippen molar-refractivity contribution in [1.82, 2.24) is 4.90 Å². The number of hydrogen-bond acceptors (Lipinski definition) is 4. The average molecular weight is 175 g/mol. The van der Waals surface area contributed by atoms with Crippen LogP contribution in [0.2, 0.25) is 0 Å². The SMILES string of the molecule is C=CC(=O)N(CO)C(CO)CO. The van der Waals surface area contributed by atoms with Crippen molar-refractivity contribution in [1.29, 1.82) is 0 Å². The lowest BCUT2D eigenvalue weighted by molar-refractivity contribution is -0.134. The Morgan fingerprint density at radius 1 is 1.42 bits per heavy atom. The summed E-state index contributed by atoms with van der Waals surface area (Å²) in [5.41, 5.74) is 0. The Morgan fingerprint density at radius 2 is 1.92 bits per heavy atom. The first-order chi connectivity index (χ1) is 5.71. The lowest BCUT2D eigenvalue weighted by atomic mass is 10.3. The molecule has 0 aromatic rings. The fourth-order valence-electron chi connectivity index (χ4n) is 0.737. The highest BCUT2D eigenvalue weighted by Crippen LogP contribution is 1.98. The van der Waals surface area contributed by atoms with Gasteiger partial charge in [0.2, 0.25) is 5.91 Å². The van der Waals surface area contributed by atoms with Gasteiger partial charge in [0, 0.05) is 0 Å². The summed E-state index contributed by atoms with van der Waals surface area (Å²) in [5, 5.41) is 26.0. The summed E-state index contributed by atoms with van der Waals surface area (Å²) >= 11 is 0. The molecule has 0 aliphatic heterocycles. The molecule has 0 rings (SSSR count). The molecular weight excluding hydrogens is 162 g/mol. The van der Waals surface area contributed by atoms with E-state index in [0.29, 0.717) is 0 Å². The van der Waals surface area contributed by atoms with Crippen molar-refractivity contribution in [2.45, 2.75) is 6.04 Å². The zero-order valence-electron chi connectivity index (χ0n) is 6.68. The van der Waals surface area contributed by atoms with Crippen LogP contribution in [-0.4, -0.2) is 52.1 Å². The lowest BCUT2D eigenvalue weighted by Crippen LogP contribution is -2.44. The molecule has 0 aliphatic carbocycles. The molecular formula is C7H13NO4. The summed E-state index contributed by atoms with van der Waals surface area (Å²) in [6, 6.07) is -0.763. The van der Waals surface area contributed by atoms with E-state index in [9.17, 15) is 4.79 Å². The average Bonchev–Trinajstić information content (AvgIpc) is 2.12. The molecule has 12 heavy (non-hydrogen) atoms. The number of rotatable bonds is 5. The van der Waals surface area contributed by atoms with Crippen LogP contribution in [0.25, 0.3) is 0 Å². The van der Waals surface area contributed by atoms with Gasteiger partial charge in [-0.1, -0.05) is 6.58 Å². The summed E-state index contributed by atoms with van der Waals surface area (Å²) in [4.78, 5) is 11.9. The highest BCUT2D eigenvalue weighted by atomic mass is 16.3. The predicted molar refractivity (Wildman–Crippen MR) is 42.1 cm³/mol. The molecule has 0 saturated carbocycles. The molecule has 0 saturated heterocycles. The molecule has 0 bridgehead atoms. The molecule has 70 valence electrons. The molecule has 0 radical (unpaired) electrons. The van der Waals surface area contributed by atoms with E-state index in [-0.39, 0.29) is 0 Å². The van der Waals surface area contributed by atoms with Gasteiger partial charge in [0.05, 0.1) is 19.3 Å². The van der Waals surface area contributed by atoms with Crippen LogP contribution in [0.3, 0.4) is 0 Å². The van der Waals surface area contributed by atoms with Gasteiger partial charge in [-0.15, -0.1) is 0 Å². The number of carbonyl (C=O) groups excluding carboxylic acids is 1. The molecule has 5 nitrogen and oxygen atoms in total. The Hall–Kier alpha value is -0.910. The molecule has 0 aliphatic rings. The van der Waals surface area contributed by atoms with Crippen molar-refractivity contribution in [3.05, 3.63) is 12.7 Å². The van der Waals surface area contributed by atoms with Gasteiger partial charge in [-0.2, -0.15) is 0 Å². The van der Waals surface area contributed by atoms with Crippen molar-refractivity contribution in [2.24, 2.45) is 0 Å². The van der Waals surface area contributed by atoms with E-state index in [4.69, 9.17) is 15.3 Å². The number of nitrogens with zero attached hydrogens (tertiary/aromatic N) is 1. The van der Waals surface area contributed by atoms with Crippen LogP contribution in [0.4, 0.5) is 0 Å². The molecule has 0 spiro atoms. The Balaban J connectivity index is 4.29. The minimum absolute atomic E-state index is 0.392. The van der Waals surface area contributed by atoms with E-state index in [2.05, 4.69) is 6.58 Å². The summed E-state index contributed by atoms with van der Waals surface area (Å²) in [7, 11) is 0. The topological polar surface area (TPSA) is 81.0 Å². The van der Waals surface area contributed by atoms with Crippen LogP contribution in [-0.2, 0) is 4.79 Å². The monoisotopic (exact) mass is 175 g/mol. The summed E-state index contributed by atoms with van der Waals surface area (Å²) in [6.45, 7) is 1.89. The molecule has 0 aromatic heterocycles. The molecule has 0 unspecified atom stereocenters. The molecule has 3 N–H and O–H groups in total. The third-order valence-corrected chi connectivity index (χ3v) is 1.47. The fraction of sp³-hybridized carbons (Fsp3) is 0.571. The van der Waals surface area contributed by atoms with Gasteiger partial charge in [0.15, 0.2) is 0 Å². The van der Waals surface area contributed by atoms with Crippen LogP contribution in [0.15, 0.2) is 12.7 Å². The first kappa shape index (κ1) is 11.1. The zero-order valence-corrected chi connectivity index (χ0v) is 6.68. The number of amides is 1. The minimum atomic E-state index is -0.763. The smallest absolute Gasteiger partial charge is 0.248 e. The van der Waals surface area contributed by atoms with Crippen molar-refractivity contribution in [2.75, 3.05) is 19.9 Å². The Morgan fingerprint density at radius 3 is 2.17 bits per heavy atom. The summed E-state index contributed by atoms with van der Waals surface area (Å²) < 4.78 is 0. The summed E-state index contributed by atoms with van der Waals surface area (Å²) in [5.74, 6) is -0.523. The van der Waals surface area contributed by atoms with Crippen LogP contribution in [0.1, 0.15) is 0 Å². The van der Waals surface area contributed by atoms with Crippen molar-refractivity contribution in [3.63, 3.8) is 0 Å². The normalized spacial score (nSPS) is 10.0. The minimum Gasteiger partial charge on any atom is -0.394 e. The largest absolute Gasteiger partial charge is 0.394 e. The zero-order chi connectivity index (χ0) is 9.56. The number of carbonyl (C=O) groups is 1. The number of hydrogen-bond donors (Lipinski definition) is 3. The second-order valence-corrected chi connectivity index (χ2v) is 2.17. The van der Waals surface area contributed by atoms with E-state index in [1.54, 1.807) is 0 Å². The van der Waals surface area contributed by atoms with E-state index in [1.807, 2.05) is 0 Å². The van der Waals surface area contributed by atoms with E-state index in [0.717, 1.165) is 11.0 Å². The maximum absolute atomic E-state index is 10.9. The molecule has 1 amide bonds. The quantitative estimate of drug-likeness (QED) is 0.344. The first-order valence-corrected chi connectivity index (χ1v) is 3.46. The van der Waals surface area contributed by atoms with Crippen molar-refractivity contribution in [3.8, 4) is 0 Å². The van der Waals surface area contributed by atoms with E-state index in [1.165, 1.54) is 0 Å². The highest BCUT2D eigenvalue weighted by molar-refractivity contribution is 5.87. The third kappa shape index (κ3) is 2.61. The van der Waals surface area contributed by atoms with Gasteiger partial charge in [-0.3, -0.25) is 4.79 Å². The maximum Gasteiger partial charge on any atom is 0.248 e. The maximum atomic E-state index is 10.9. The van der Waals surface area contributed by atoms with E-state index < -0.39 is 31.9 Å². The molecule has 5 heteroatoms. The van der Waals surface area contributed by atoms with Crippen molar-refractivity contribution < 1.29 is 20.1 Å². The van der Waals surface area contributed by atoms with Crippen LogP contribution < -0.4 is 0 Å². The standard InChI is InChI=1S/C7H13NO4/c1-2-7(12)8(5-11)6(3-9)4-10/h2,6,9-11H,1,3-5H2. The Bertz CT molecular complexity index is 155. The fourth-order valence-corrected chi connectivity index (χ4v) is 0.737. The molecule has 0 atom stereocenters. The van der Waals surface area contributed by atoms with Gasteiger partial charge in [0.1, 0.15) is 6.73 Å². The Kier molecular flexibility index (Phi) is 5.27. The summed E-state index contributed by atoms with van der Waals surface area (Å²) in [6.07, 6.45) is 1.01. The first-order valence-electron chi connectivity index (χ1n) is 3.46. The third-order valence-electron chi connectivity index (χ3n) is 1.47. The van der Waals surface area contributed by atoms with Crippen LogP contribution in [0.5, 0.6) is 0 Å². The predicted octanol–water partition coefficient (Wildman–Crippen LogP) is -1.70. The van der Waals surface area contributed by atoms with Gasteiger partial charge < -0.3 is 20.2 Å². The van der Waals surface area contributed by atoms with Crippen LogP contribution in [0, 0.1) is 0 Å². The molecule has 0 heterocycles. The van der Waals surface area contributed by atoms with Crippen molar-refractivity contribution >= 4 is 5.91 Å². The van der Waals surface area contributed by atoms with E-state index >= 15 is 0 Å². The second kappa shape index (κ2) is 5.70. The molecule has 0 fully saturated rings. The number of aliphatic hydroxyl groups excluding tert-OH is 3. The highest BCUT2D eigenvalue weighted by Gasteiger charge is 2.18. The van der Waals surface area contributed by atoms with Gasteiger partial charge >= 0.3 is 0 Å². The van der Waals surface area contributed by atoms with Gasteiger partial charge in [-0.25, -0.2) is 0 Å². The van der Waals surface area contributed by atoms with Crippen LogP contribution >= 0.6 is 0 Å².